The summed E-state index contributed by atoms with van der Waals surface area (Å²) < 4.78 is 5.23. The second-order valence-electron chi connectivity index (χ2n) is 3.64. The van der Waals surface area contributed by atoms with Crippen molar-refractivity contribution in [1.82, 2.24) is 0 Å². The molecule has 0 atom stereocenters. The number of hydrogen-bond acceptors (Lipinski definition) is 1. The van der Waals surface area contributed by atoms with Crippen LogP contribution in [-0.4, -0.2) is 21.3 Å². The monoisotopic (exact) mass is 182 g/mol. The van der Waals surface area contributed by atoms with Crippen molar-refractivity contribution >= 4 is 8.07 Å². The van der Waals surface area contributed by atoms with Gasteiger partial charge in [0.05, 0.1) is 6.61 Å². The number of rotatable bonds is 3. The topological polar surface area (TPSA) is 9.23 Å². The summed E-state index contributed by atoms with van der Waals surface area (Å²) in [6.07, 6.45) is 3.96. The minimum atomic E-state index is -1.18. The molecule has 0 bridgehead atoms. The van der Waals surface area contributed by atoms with E-state index in [2.05, 4.69) is 31.1 Å². The maximum atomic E-state index is 5.23. The fraction of sp³-hybridized carbons (Fsp3) is 0.600. The molecule has 0 radical (unpaired) electrons. The fourth-order valence-corrected chi connectivity index (χ4v) is 1.18. The van der Waals surface area contributed by atoms with Crippen LogP contribution in [-0.2, 0) is 4.74 Å². The summed E-state index contributed by atoms with van der Waals surface area (Å²) in [5, 5.41) is 0. The first kappa shape index (κ1) is 11.5. The largest absolute Gasteiger partial charge is 0.365 e. The molecule has 0 aliphatic carbocycles. The Morgan fingerprint density at radius 3 is 2.50 bits per heavy atom. The first-order valence-corrected chi connectivity index (χ1v) is 7.75. The number of ether oxygens (including phenoxy) is 1. The molecule has 0 aromatic carbocycles. The summed E-state index contributed by atoms with van der Waals surface area (Å²) in [6.45, 7) is 9.91. The van der Waals surface area contributed by atoms with Gasteiger partial charge in [0.15, 0.2) is 0 Å². The Kier molecular flexibility index (Phi) is 5.78. The molecule has 0 aliphatic heterocycles. The van der Waals surface area contributed by atoms with Gasteiger partial charge in [-0.25, -0.2) is 0 Å². The predicted octanol–water partition coefficient (Wildman–Crippen LogP) is 2.46. The van der Waals surface area contributed by atoms with Crippen LogP contribution in [0.5, 0.6) is 0 Å². The Morgan fingerprint density at radius 1 is 1.33 bits per heavy atom. The molecule has 0 aromatic heterocycles. The number of allylic oxidation sites excluding steroid dienone is 1. The van der Waals surface area contributed by atoms with Gasteiger partial charge in [0, 0.05) is 0 Å². The molecule has 0 saturated carbocycles. The third kappa shape index (κ3) is 9.48. The van der Waals surface area contributed by atoms with E-state index in [0.717, 1.165) is 0 Å². The fourth-order valence-electron chi connectivity index (χ4n) is 0.575. The van der Waals surface area contributed by atoms with Gasteiger partial charge in [-0.15, -0.1) is 5.54 Å². The van der Waals surface area contributed by atoms with Crippen LogP contribution in [0.25, 0.3) is 0 Å². The lowest BCUT2D eigenvalue weighted by Gasteiger charge is -2.03. The van der Waals surface area contributed by atoms with Gasteiger partial charge >= 0.3 is 0 Å². The first-order chi connectivity index (χ1) is 5.56. The maximum Gasteiger partial charge on any atom is 0.129 e. The second-order valence-corrected chi connectivity index (χ2v) is 8.39. The minimum Gasteiger partial charge on any atom is -0.365 e. The summed E-state index contributed by atoms with van der Waals surface area (Å²) in [5.74, 6) is 3.04. The predicted molar refractivity (Wildman–Crippen MR) is 56.8 cm³/mol. The average Bonchev–Trinajstić information content (AvgIpc) is 1.94. The van der Waals surface area contributed by atoms with Gasteiger partial charge in [-0.2, -0.15) is 0 Å². The van der Waals surface area contributed by atoms with E-state index in [-0.39, 0.29) is 0 Å². The molecule has 0 rings (SSSR count). The van der Waals surface area contributed by atoms with Crippen LogP contribution in [0.4, 0.5) is 0 Å². The zero-order valence-corrected chi connectivity index (χ0v) is 9.48. The van der Waals surface area contributed by atoms with Crippen LogP contribution in [0.2, 0.25) is 19.6 Å². The van der Waals surface area contributed by atoms with Crippen LogP contribution in [0.15, 0.2) is 12.2 Å². The van der Waals surface area contributed by atoms with Gasteiger partial charge in [0.2, 0.25) is 0 Å². The summed E-state index contributed by atoms with van der Waals surface area (Å²) in [7, 11) is -1.18. The highest BCUT2D eigenvalue weighted by Crippen LogP contribution is 1.95. The van der Waals surface area contributed by atoms with Crippen molar-refractivity contribution in [1.29, 1.82) is 0 Å². The highest BCUT2D eigenvalue weighted by Gasteiger charge is 2.06. The molecule has 0 fully saturated rings. The second kappa shape index (κ2) is 6.04. The molecule has 0 N–H and O–H groups in total. The Hall–Kier alpha value is -0.523. The third-order valence-electron chi connectivity index (χ3n) is 1.09. The molecule has 0 aliphatic rings. The third-order valence-corrected chi connectivity index (χ3v) is 2.01. The molecule has 68 valence electrons. The Balaban J connectivity index is 3.47. The summed E-state index contributed by atoms with van der Waals surface area (Å²) in [6, 6.07) is 0. The van der Waals surface area contributed by atoms with Gasteiger partial charge in [-0.05, 0) is 6.92 Å². The van der Waals surface area contributed by atoms with E-state index in [0.29, 0.717) is 13.2 Å². The van der Waals surface area contributed by atoms with Crippen molar-refractivity contribution < 1.29 is 4.74 Å². The van der Waals surface area contributed by atoms with E-state index in [1.54, 1.807) is 0 Å². The summed E-state index contributed by atoms with van der Waals surface area (Å²) >= 11 is 0. The van der Waals surface area contributed by atoms with Gasteiger partial charge in [-0.1, -0.05) is 37.7 Å². The Labute approximate surface area is 76.8 Å². The van der Waals surface area contributed by atoms with Crippen LogP contribution in [0.1, 0.15) is 6.92 Å². The van der Waals surface area contributed by atoms with Crippen molar-refractivity contribution in [2.75, 3.05) is 13.2 Å². The van der Waals surface area contributed by atoms with E-state index in [1.807, 2.05) is 19.1 Å². The standard InChI is InChI=1S/C10H18OSi/c1-5-6-8-11-9-7-10-12(2,3)4/h5-6H,8-9H2,1-4H3/b6-5-. The zero-order valence-electron chi connectivity index (χ0n) is 8.48. The van der Waals surface area contributed by atoms with Gasteiger partial charge in [0.1, 0.15) is 14.7 Å². The quantitative estimate of drug-likeness (QED) is 0.282. The van der Waals surface area contributed by atoms with Crippen molar-refractivity contribution in [3.05, 3.63) is 12.2 Å². The molecular weight excluding hydrogens is 164 g/mol. The normalized spacial score (nSPS) is 11.3. The van der Waals surface area contributed by atoms with Crippen molar-refractivity contribution in [2.24, 2.45) is 0 Å². The van der Waals surface area contributed by atoms with Crippen LogP contribution < -0.4 is 0 Å². The van der Waals surface area contributed by atoms with Gasteiger partial charge in [0.25, 0.3) is 0 Å². The van der Waals surface area contributed by atoms with E-state index < -0.39 is 8.07 Å². The van der Waals surface area contributed by atoms with Gasteiger partial charge in [-0.3, -0.25) is 0 Å². The molecule has 0 aromatic rings. The van der Waals surface area contributed by atoms with Gasteiger partial charge < -0.3 is 4.74 Å². The van der Waals surface area contributed by atoms with Crippen molar-refractivity contribution in [3.63, 3.8) is 0 Å². The molecule has 0 spiro atoms. The molecule has 0 heterocycles. The van der Waals surface area contributed by atoms with E-state index in [4.69, 9.17) is 4.74 Å². The van der Waals surface area contributed by atoms with Crippen LogP contribution in [0, 0.1) is 11.5 Å². The van der Waals surface area contributed by atoms with Crippen molar-refractivity contribution in [3.8, 4) is 11.5 Å². The lowest BCUT2D eigenvalue weighted by atomic mass is 10.5. The Morgan fingerprint density at radius 2 is 2.00 bits per heavy atom. The van der Waals surface area contributed by atoms with Crippen LogP contribution in [0.3, 0.4) is 0 Å². The molecule has 0 saturated heterocycles. The smallest absolute Gasteiger partial charge is 0.129 e. The first-order valence-electron chi connectivity index (χ1n) is 4.25. The van der Waals surface area contributed by atoms with Crippen molar-refractivity contribution in [2.45, 2.75) is 26.6 Å². The summed E-state index contributed by atoms with van der Waals surface area (Å²) in [5.41, 5.74) is 3.24. The van der Waals surface area contributed by atoms with E-state index >= 15 is 0 Å². The molecule has 12 heavy (non-hydrogen) atoms. The molecule has 0 amide bonds. The zero-order chi connectivity index (χ0) is 9.45. The average molecular weight is 182 g/mol. The SMILES string of the molecule is C/C=C\COCC#C[Si](C)(C)C. The Bertz CT molecular complexity index is 190. The highest BCUT2D eigenvalue weighted by molar-refractivity contribution is 6.83. The lowest BCUT2D eigenvalue weighted by molar-refractivity contribution is 0.199. The lowest BCUT2D eigenvalue weighted by Crippen LogP contribution is -2.16. The van der Waals surface area contributed by atoms with Crippen LogP contribution >= 0.6 is 0 Å². The van der Waals surface area contributed by atoms with E-state index in [1.165, 1.54) is 0 Å². The molecule has 1 nitrogen and oxygen atoms in total. The summed E-state index contributed by atoms with van der Waals surface area (Å²) in [4.78, 5) is 0. The molecule has 0 unspecified atom stereocenters. The molecular formula is C10H18OSi. The maximum absolute atomic E-state index is 5.23. The number of hydrogen-bond donors (Lipinski definition) is 0. The minimum absolute atomic E-state index is 0.564. The van der Waals surface area contributed by atoms with E-state index in [9.17, 15) is 0 Å². The molecule has 2 heteroatoms. The highest BCUT2D eigenvalue weighted by atomic mass is 28.3.